The lowest BCUT2D eigenvalue weighted by molar-refractivity contribution is -0.117. The van der Waals surface area contributed by atoms with Crippen molar-refractivity contribution < 1.29 is 9.59 Å². The molecule has 2 amide bonds. The van der Waals surface area contributed by atoms with Crippen molar-refractivity contribution in [2.75, 3.05) is 12.4 Å². The largest absolute Gasteiger partial charge is 0.335 e. The van der Waals surface area contributed by atoms with Gasteiger partial charge in [-0.3, -0.25) is 9.59 Å². The smallest absolute Gasteiger partial charge is 0.254 e. The van der Waals surface area contributed by atoms with Crippen LogP contribution in [0.2, 0.25) is 0 Å². The fourth-order valence-electron chi connectivity index (χ4n) is 2.65. The topological polar surface area (TPSA) is 49.4 Å². The first-order valence-corrected chi connectivity index (χ1v) is 8.29. The van der Waals surface area contributed by atoms with Gasteiger partial charge in [0.1, 0.15) is 0 Å². The Balaban J connectivity index is 1.73. The second-order valence-electron chi connectivity index (χ2n) is 6.35. The van der Waals surface area contributed by atoms with Gasteiger partial charge in [-0.25, -0.2) is 0 Å². The molecule has 2 aromatic carbocycles. The van der Waals surface area contributed by atoms with Crippen LogP contribution >= 0.6 is 0 Å². The summed E-state index contributed by atoms with van der Waals surface area (Å²) in [6.07, 6.45) is 1.92. The van der Waals surface area contributed by atoms with Gasteiger partial charge in [0.05, 0.1) is 6.04 Å². The highest BCUT2D eigenvalue weighted by molar-refractivity contribution is 5.98. The van der Waals surface area contributed by atoms with Gasteiger partial charge in [0.15, 0.2) is 0 Å². The summed E-state index contributed by atoms with van der Waals surface area (Å²) in [4.78, 5) is 26.4. The van der Waals surface area contributed by atoms with Crippen molar-refractivity contribution in [2.24, 2.45) is 5.92 Å². The van der Waals surface area contributed by atoms with Crippen molar-refractivity contribution >= 4 is 17.5 Å². The highest BCUT2D eigenvalue weighted by Crippen LogP contribution is 2.30. The quantitative estimate of drug-likeness (QED) is 0.908. The molecule has 0 saturated heterocycles. The molecule has 4 heteroatoms. The van der Waals surface area contributed by atoms with Crippen LogP contribution in [0.15, 0.2) is 54.6 Å². The van der Waals surface area contributed by atoms with Crippen LogP contribution in [0.3, 0.4) is 0 Å². The first-order valence-electron chi connectivity index (χ1n) is 8.29. The molecule has 2 aromatic rings. The molecule has 1 unspecified atom stereocenters. The van der Waals surface area contributed by atoms with Crippen LogP contribution in [0.25, 0.3) is 0 Å². The lowest BCUT2D eigenvalue weighted by Gasteiger charge is -2.25. The summed E-state index contributed by atoms with van der Waals surface area (Å²) in [5.74, 6) is 0.129. The van der Waals surface area contributed by atoms with E-state index in [0.29, 0.717) is 11.3 Å². The Bertz CT molecular complexity index is 738. The van der Waals surface area contributed by atoms with E-state index in [1.165, 1.54) is 0 Å². The summed E-state index contributed by atoms with van der Waals surface area (Å²) in [5.41, 5.74) is 2.35. The molecule has 1 atom stereocenters. The first kappa shape index (κ1) is 16.2. The third-order valence-corrected chi connectivity index (χ3v) is 4.51. The molecule has 124 valence electrons. The van der Waals surface area contributed by atoms with E-state index in [4.69, 9.17) is 0 Å². The standard InChI is InChI=1S/C20H22N2O2/c1-14(15-7-4-3-5-8-15)22(2)20(24)17-9-6-10-18(13-17)21-19(23)16-11-12-16/h3-10,13-14,16H,11-12H2,1-2H3,(H,21,23). The number of hydrogen-bond acceptors (Lipinski definition) is 2. The molecule has 3 rings (SSSR count). The lowest BCUT2D eigenvalue weighted by Crippen LogP contribution is -2.29. The molecule has 1 aliphatic carbocycles. The molecule has 0 spiro atoms. The van der Waals surface area contributed by atoms with Crippen LogP contribution in [0.4, 0.5) is 5.69 Å². The van der Waals surface area contributed by atoms with Crippen molar-refractivity contribution in [3.05, 3.63) is 65.7 Å². The molecule has 0 radical (unpaired) electrons. The predicted molar refractivity (Wildman–Crippen MR) is 94.7 cm³/mol. The van der Waals surface area contributed by atoms with Crippen LogP contribution in [0.5, 0.6) is 0 Å². The number of carbonyl (C=O) groups is 2. The number of anilines is 1. The Labute approximate surface area is 142 Å². The summed E-state index contributed by atoms with van der Waals surface area (Å²) in [7, 11) is 1.80. The number of hydrogen-bond donors (Lipinski definition) is 1. The van der Waals surface area contributed by atoms with Crippen molar-refractivity contribution in [1.82, 2.24) is 4.90 Å². The van der Waals surface area contributed by atoms with Gasteiger partial charge in [0, 0.05) is 24.2 Å². The predicted octanol–water partition coefficient (Wildman–Crippen LogP) is 3.87. The third kappa shape index (κ3) is 3.65. The highest BCUT2D eigenvalue weighted by Gasteiger charge is 2.29. The van der Waals surface area contributed by atoms with Crippen LogP contribution in [0.1, 0.15) is 41.7 Å². The maximum atomic E-state index is 12.8. The summed E-state index contributed by atoms with van der Waals surface area (Å²) in [6, 6.07) is 17.1. The average Bonchev–Trinajstić information content (AvgIpc) is 3.46. The molecule has 1 saturated carbocycles. The molecule has 1 fully saturated rings. The zero-order valence-electron chi connectivity index (χ0n) is 14.0. The number of carbonyl (C=O) groups excluding carboxylic acids is 2. The Hall–Kier alpha value is -2.62. The fraction of sp³-hybridized carbons (Fsp3) is 0.300. The Kier molecular flexibility index (Phi) is 4.65. The average molecular weight is 322 g/mol. The van der Waals surface area contributed by atoms with Crippen molar-refractivity contribution in [3.8, 4) is 0 Å². The van der Waals surface area contributed by atoms with Crippen LogP contribution in [-0.4, -0.2) is 23.8 Å². The molecule has 0 bridgehead atoms. The van der Waals surface area contributed by atoms with E-state index in [0.717, 1.165) is 18.4 Å². The SMILES string of the molecule is CC(c1ccccc1)N(C)C(=O)c1cccc(NC(=O)C2CC2)c1. The number of amides is 2. The van der Waals surface area contributed by atoms with Gasteiger partial charge < -0.3 is 10.2 Å². The van der Waals surface area contributed by atoms with Gasteiger partial charge in [0.2, 0.25) is 5.91 Å². The minimum absolute atomic E-state index is 0.0246. The van der Waals surface area contributed by atoms with Crippen molar-refractivity contribution in [3.63, 3.8) is 0 Å². The Morgan fingerprint density at radius 3 is 2.46 bits per heavy atom. The van der Waals surface area contributed by atoms with E-state index < -0.39 is 0 Å². The molecule has 0 aliphatic heterocycles. The Morgan fingerprint density at radius 1 is 1.08 bits per heavy atom. The summed E-state index contributed by atoms with van der Waals surface area (Å²) in [6.45, 7) is 2.01. The molecule has 0 aromatic heterocycles. The fourth-order valence-corrected chi connectivity index (χ4v) is 2.65. The third-order valence-electron chi connectivity index (χ3n) is 4.51. The molecule has 1 N–H and O–H groups in total. The second-order valence-corrected chi connectivity index (χ2v) is 6.35. The molecular weight excluding hydrogens is 300 g/mol. The van der Waals surface area contributed by atoms with Crippen LogP contribution in [-0.2, 0) is 4.79 Å². The van der Waals surface area contributed by atoms with E-state index in [-0.39, 0.29) is 23.8 Å². The Morgan fingerprint density at radius 2 is 1.79 bits per heavy atom. The summed E-state index contributed by atoms with van der Waals surface area (Å²) < 4.78 is 0. The molecule has 0 heterocycles. The minimum atomic E-state index is -0.0612. The highest BCUT2D eigenvalue weighted by atomic mass is 16.2. The number of nitrogens with one attached hydrogen (secondary N) is 1. The normalized spacial score (nSPS) is 14.8. The molecular formula is C20H22N2O2. The molecule has 24 heavy (non-hydrogen) atoms. The van der Waals surface area contributed by atoms with Gasteiger partial charge in [-0.15, -0.1) is 0 Å². The monoisotopic (exact) mass is 322 g/mol. The number of nitrogens with zero attached hydrogens (tertiary/aromatic N) is 1. The van der Waals surface area contributed by atoms with Gasteiger partial charge in [-0.2, -0.15) is 0 Å². The van der Waals surface area contributed by atoms with E-state index in [9.17, 15) is 9.59 Å². The lowest BCUT2D eigenvalue weighted by atomic mass is 10.1. The van der Waals surface area contributed by atoms with Crippen molar-refractivity contribution in [2.45, 2.75) is 25.8 Å². The maximum Gasteiger partial charge on any atom is 0.254 e. The van der Waals surface area contributed by atoms with E-state index in [2.05, 4.69) is 5.32 Å². The number of benzene rings is 2. The summed E-state index contributed by atoms with van der Waals surface area (Å²) >= 11 is 0. The van der Waals surface area contributed by atoms with E-state index in [1.807, 2.05) is 43.3 Å². The second kappa shape index (κ2) is 6.87. The maximum absolute atomic E-state index is 12.8. The number of rotatable bonds is 5. The molecule has 1 aliphatic rings. The van der Waals surface area contributed by atoms with Crippen molar-refractivity contribution in [1.29, 1.82) is 0 Å². The van der Waals surface area contributed by atoms with Gasteiger partial charge in [0.25, 0.3) is 5.91 Å². The van der Waals surface area contributed by atoms with Gasteiger partial charge in [-0.1, -0.05) is 36.4 Å². The van der Waals surface area contributed by atoms with Crippen LogP contribution in [0, 0.1) is 5.92 Å². The van der Waals surface area contributed by atoms with Crippen LogP contribution < -0.4 is 5.32 Å². The molecule has 4 nitrogen and oxygen atoms in total. The van der Waals surface area contributed by atoms with E-state index in [1.54, 1.807) is 30.1 Å². The minimum Gasteiger partial charge on any atom is -0.335 e. The van der Waals surface area contributed by atoms with Gasteiger partial charge in [-0.05, 0) is 43.5 Å². The van der Waals surface area contributed by atoms with E-state index >= 15 is 0 Å². The summed E-state index contributed by atoms with van der Waals surface area (Å²) in [5, 5.41) is 2.89. The first-order chi connectivity index (χ1) is 11.6. The zero-order valence-corrected chi connectivity index (χ0v) is 14.0. The zero-order chi connectivity index (χ0) is 17.1. The van der Waals surface area contributed by atoms with Gasteiger partial charge >= 0.3 is 0 Å².